The molecule has 1 aromatic carbocycles. The molecule has 3 heterocycles. The molecule has 2 aromatic heterocycles. The first-order valence-electron chi connectivity index (χ1n) is 9.02. The summed E-state index contributed by atoms with van der Waals surface area (Å²) in [6.45, 7) is 0.345. The Morgan fingerprint density at radius 1 is 1.17 bits per heavy atom. The Labute approximate surface area is 171 Å². The number of carbonyl (C=O) groups excluding carboxylic acids is 2. The van der Waals surface area contributed by atoms with E-state index in [1.165, 1.54) is 42.3 Å². The molecule has 1 saturated heterocycles. The molecule has 1 aliphatic heterocycles. The van der Waals surface area contributed by atoms with E-state index in [2.05, 4.69) is 10.3 Å². The van der Waals surface area contributed by atoms with E-state index in [0.29, 0.717) is 17.9 Å². The zero-order valence-corrected chi connectivity index (χ0v) is 16.1. The number of pyridine rings is 1. The quantitative estimate of drug-likeness (QED) is 0.697. The summed E-state index contributed by atoms with van der Waals surface area (Å²) < 4.78 is 18.5. The minimum absolute atomic E-state index is 0.240. The molecule has 0 saturated carbocycles. The molecule has 1 N–H and O–H groups in total. The number of aromatic nitrogens is 1. The van der Waals surface area contributed by atoms with Gasteiger partial charge in [-0.05, 0) is 48.0 Å². The van der Waals surface area contributed by atoms with Gasteiger partial charge in [0, 0.05) is 35.8 Å². The zero-order valence-electron chi connectivity index (χ0n) is 15.3. The van der Waals surface area contributed by atoms with E-state index < -0.39 is 11.9 Å². The van der Waals surface area contributed by atoms with Gasteiger partial charge in [0.1, 0.15) is 17.2 Å². The Hall–Kier alpha value is -3.13. The molecule has 2 atom stereocenters. The van der Waals surface area contributed by atoms with Crippen LogP contribution in [0, 0.1) is 5.82 Å². The van der Waals surface area contributed by atoms with Crippen LogP contribution in [0.2, 0.25) is 0 Å². The molecule has 6 nitrogen and oxygen atoms in total. The monoisotopic (exact) mass is 411 g/mol. The molecule has 0 aliphatic carbocycles. The lowest BCUT2D eigenvalue weighted by Gasteiger charge is -2.28. The molecule has 4 rings (SSSR count). The predicted octanol–water partition coefficient (Wildman–Crippen LogP) is 3.39. The van der Waals surface area contributed by atoms with Crippen molar-refractivity contribution in [3.63, 3.8) is 0 Å². The molecule has 2 amide bonds. The van der Waals surface area contributed by atoms with E-state index in [-0.39, 0.29) is 17.2 Å². The second-order valence-electron chi connectivity index (χ2n) is 6.55. The maximum atomic E-state index is 13.3. The largest absolute Gasteiger partial charge is 0.472 e. The minimum atomic E-state index is -0.653. The number of hydrogen-bond donors (Lipinski definition) is 1. The number of rotatable bonds is 5. The van der Waals surface area contributed by atoms with Crippen molar-refractivity contribution in [2.75, 3.05) is 5.75 Å². The maximum Gasteiger partial charge on any atom is 0.255 e. The number of nitrogens with one attached hydrogen (secondary N) is 1. The van der Waals surface area contributed by atoms with Crippen molar-refractivity contribution in [1.29, 1.82) is 0 Å². The number of carbonyl (C=O) groups is 2. The number of halogens is 1. The van der Waals surface area contributed by atoms with Gasteiger partial charge in [-0.2, -0.15) is 0 Å². The van der Waals surface area contributed by atoms with Crippen molar-refractivity contribution >= 4 is 23.6 Å². The number of furan rings is 1. The molecular formula is C21H18FN3O3S. The molecular weight excluding hydrogens is 393 g/mol. The molecule has 3 aromatic rings. The minimum Gasteiger partial charge on any atom is -0.472 e. The highest BCUT2D eigenvalue weighted by Gasteiger charge is 2.42. The summed E-state index contributed by atoms with van der Waals surface area (Å²) in [7, 11) is 0. The lowest BCUT2D eigenvalue weighted by Crippen LogP contribution is -2.47. The summed E-state index contributed by atoms with van der Waals surface area (Å²) in [6.07, 6.45) is 6.42. The van der Waals surface area contributed by atoms with Crippen LogP contribution in [-0.2, 0) is 11.3 Å². The fraction of sp³-hybridized carbons (Fsp3) is 0.190. The van der Waals surface area contributed by atoms with Crippen LogP contribution >= 0.6 is 11.8 Å². The zero-order chi connectivity index (χ0) is 20.2. The van der Waals surface area contributed by atoms with Gasteiger partial charge in [-0.3, -0.25) is 14.6 Å². The van der Waals surface area contributed by atoms with Gasteiger partial charge >= 0.3 is 0 Å². The molecule has 29 heavy (non-hydrogen) atoms. The molecule has 148 valence electrons. The average molecular weight is 411 g/mol. The molecule has 0 bridgehead atoms. The molecule has 1 fully saturated rings. The molecule has 2 unspecified atom stereocenters. The van der Waals surface area contributed by atoms with Gasteiger partial charge in [-0.15, -0.1) is 11.8 Å². The van der Waals surface area contributed by atoms with E-state index in [0.717, 1.165) is 11.1 Å². The third-order valence-electron chi connectivity index (χ3n) is 4.67. The Kier molecular flexibility index (Phi) is 5.62. The van der Waals surface area contributed by atoms with Crippen LogP contribution in [-0.4, -0.2) is 33.5 Å². The smallest absolute Gasteiger partial charge is 0.255 e. The molecule has 1 aliphatic rings. The van der Waals surface area contributed by atoms with Crippen LogP contribution in [0.1, 0.15) is 26.9 Å². The van der Waals surface area contributed by atoms with Crippen LogP contribution in [0.15, 0.2) is 71.8 Å². The Morgan fingerprint density at radius 3 is 2.62 bits per heavy atom. The SMILES string of the molecule is O=C(NCc1ccncc1)C1CSC(c2ccoc2)N1C(=O)c1ccc(F)cc1. The topological polar surface area (TPSA) is 75.4 Å². The average Bonchev–Trinajstić information content (AvgIpc) is 3.42. The Balaban J connectivity index is 1.57. The third kappa shape index (κ3) is 4.17. The van der Waals surface area contributed by atoms with Crippen molar-refractivity contribution < 1.29 is 18.4 Å². The first kappa shape index (κ1) is 19.2. The fourth-order valence-corrected chi connectivity index (χ4v) is 4.58. The van der Waals surface area contributed by atoms with Gasteiger partial charge < -0.3 is 14.6 Å². The van der Waals surface area contributed by atoms with E-state index in [4.69, 9.17) is 4.42 Å². The normalized spacial score (nSPS) is 18.6. The first-order chi connectivity index (χ1) is 14.1. The lowest BCUT2D eigenvalue weighted by atomic mass is 10.1. The second kappa shape index (κ2) is 8.48. The third-order valence-corrected chi connectivity index (χ3v) is 6.00. The molecule has 0 spiro atoms. The summed E-state index contributed by atoms with van der Waals surface area (Å²) in [5.41, 5.74) is 2.05. The van der Waals surface area contributed by atoms with Gasteiger partial charge in [-0.25, -0.2) is 4.39 Å². The predicted molar refractivity (Wildman–Crippen MR) is 106 cm³/mol. The number of hydrogen-bond acceptors (Lipinski definition) is 5. The summed E-state index contributed by atoms with van der Waals surface area (Å²) >= 11 is 1.49. The van der Waals surface area contributed by atoms with Gasteiger partial charge in [0.2, 0.25) is 5.91 Å². The molecule has 8 heteroatoms. The summed E-state index contributed by atoms with van der Waals surface area (Å²) in [5.74, 6) is -0.540. The van der Waals surface area contributed by atoms with Crippen molar-refractivity contribution in [3.05, 3.63) is 89.9 Å². The summed E-state index contributed by atoms with van der Waals surface area (Å²) in [5, 5.41) is 2.54. The highest BCUT2D eigenvalue weighted by Crippen LogP contribution is 2.42. The fourth-order valence-electron chi connectivity index (χ4n) is 3.18. The molecule has 0 radical (unpaired) electrons. The van der Waals surface area contributed by atoms with E-state index in [1.54, 1.807) is 29.6 Å². The van der Waals surface area contributed by atoms with Crippen molar-refractivity contribution in [1.82, 2.24) is 15.2 Å². The van der Waals surface area contributed by atoms with Crippen molar-refractivity contribution in [2.24, 2.45) is 0 Å². The van der Waals surface area contributed by atoms with Gasteiger partial charge in [0.15, 0.2) is 0 Å². The number of benzene rings is 1. The standard InChI is InChI=1S/C21H18FN3O3S/c22-17-3-1-15(2-4-17)20(27)25-18(13-29-21(25)16-7-10-28-12-16)19(26)24-11-14-5-8-23-9-6-14/h1-10,12,18,21H,11,13H2,(H,24,26). The van der Waals surface area contributed by atoms with Gasteiger partial charge in [-0.1, -0.05) is 0 Å². The van der Waals surface area contributed by atoms with Crippen LogP contribution in [0.5, 0.6) is 0 Å². The van der Waals surface area contributed by atoms with Gasteiger partial charge in [0.05, 0.1) is 12.5 Å². The van der Waals surface area contributed by atoms with Crippen LogP contribution < -0.4 is 5.32 Å². The van der Waals surface area contributed by atoms with Crippen molar-refractivity contribution in [3.8, 4) is 0 Å². The van der Waals surface area contributed by atoms with Crippen molar-refractivity contribution in [2.45, 2.75) is 18.0 Å². The van der Waals surface area contributed by atoms with E-state index >= 15 is 0 Å². The number of thioether (sulfide) groups is 1. The van der Waals surface area contributed by atoms with E-state index in [1.807, 2.05) is 12.1 Å². The first-order valence-corrected chi connectivity index (χ1v) is 10.1. The van der Waals surface area contributed by atoms with Gasteiger partial charge in [0.25, 0.3) is 5.91 Å². The highest BCUT2D eigenvalue weighted by atomic mass is 32.2. The van der Waals surface area contributed by atoms with E-state index in [9.17, 15) is 14.0 Å². The Bertz CT molecular complexity index is 980. The van der Waals surface area contributed by atoms with Crippen LogP contribution in [0.3, 0.4) is 0 Å². The van der Waals surface area contributed by atoms with Crippen LogP contribution in [0.25, 0.3) is 0 Å². The number of nitrogens with zero attached hydrogens (tertiary/aromatic N) is 2. The summed E-state index contributed by atoms with van der Waals surface area (Å²) in [6, 6.07) is 10.1. The Morgan fingerprint density at radius 2 is 1.93 bits per heavy atom. The number of amides is 2. The lowest BCUT2D eigenvalue weighted by molar-refractivity contribution is -0.125. The maximum absolute atomic E-state index is 13.3. The summed E-state index contributed by atoms with van der Waals surface area (Å²) in [4.78, 5) is 31.6. The van der Waals surface area contributed by atoms with Crippen LogP contribution in [0.4, 0.5) is 4.39 Å². The second-order valence-corrected chi connectivity index (χ2v) is 7.66. The highest BCUT2D eigenvalue weighted by molar-refractivity contribution is 7.99.